The van der Waals surface area contributed by atoms with Crippen molar-refractivity contribution in [3.63, 3.8) is 0 Å². The number of fused-ring (bicyclic) bond motifs is 6. The first kappa shape index (κ1) is 41.3. The average molecular weight is 776 g/mol. The largest absolute Gasteiger partial charge is 0.456 e. The smallest absolute Gasteiger partial charge is 0.135 e. The molecule has 0 aliphatic heterocycles. The molecule has 0 radical (unpaired) electrons. The number of para-hydroxylation sites is 1. The predicted octanol–water partition coefficient (Wildman–Crippen LogP) is 15.7. The zero-order valence-electron chi connectivity index (χ0n) is 36.4. The molecule has 8 rings (SSSR count). The highest BCUT2D eigenvalue weighted by Crippen LogP contribution is 2.54. The van der Waals surface area contributed by atoms with E-state index in [1.807, 2.05) is 12.1 Å². The van der Waals surface area contributed by atoms with Crippen LogP contribution in [0.2, 0.25) is 0 Å². The van der Waals surface area contributed by atoms with Crippen molar-refractivity contribution in [1.29, 1.82) is 0 Å². The lowest BCUT2D eigenvalue weighted by Crippen LogP contribution is -2.28. The van der Waals surface area contributed by atoms with Gasteiger partial charge >= 0.3 is 0 Å². The lowest BCUT2D eigenvalue weighted by atomic mass is 9.74. The highest BCUT2D eigenvalue weighted by Gasteiger charge is 2.44. The maximum absolute atomic E-state index is 6.03. The van der Waals surface area contributed by atoms with Gasteiger partial charge in [-0.2, -0.15) is 0 Å². The SMILES string of the molecule is C=C(/C=C(\NC(CC)C(/C=C\CC)=C/CC)c1ccc(C)cc1)c1ccc2oc3ccccc3c2c1.Cc1ccccc1-c1cc2c(cc1C)C1C=CC=CC1C2(C)C. The number of nitrogens with one attached hydrogen (secondary N) is 1. The molecule has 0 saturated carbocycles. The van der Waals surface area contributed by atoms with E-state index in [2.05, 4.69) is 207 Å². The van der Waals surface area contributed by atoms with E-state index in [4.69, 9.17) is 4.42 Å². The lowest BCUT2D eigenvalue weighted by molar-refractivity contribution is 0.394. The second kappa shape index (κ2) is 18.0. The Morgan fingerprint density at radius 3 is 2.20 bits per heavy atom. The van der Waals surface area contributed by atoms with Crippen LogP contribution in [0.25, 0.3) is 44.3 Å². The average Bonchev–Trinajstić information content (AvgIpc) is 3.72. The Kier molecular flexibility index (Phi) is 12.6. The van der Waals surface area contributed by atoms with Crippen LogP contribution in [0.4, 0.5) is 0 Å². The monoisotopic (exact) mass is 775 g/mol. The van der Waals surface area contributed by atoms with Gasteiger partial charge in [0.05, 0.1) is 6.04 Å². The molecule has 0 fully saturated rings. The number of furan rings is 1. The molecule has 2 heteroatoms. The molecule has 2 nitrogen and oxygen atoms in total. The summed E-state index contributed by atoms with van der Waals surface area (Å²) in [5, 5.41) is 6.11. The quantitative estimate of drug-likeness (QED) is 0.133. The molecule has 1 N–H and O–H groups in total. The van der Waals surface area contributed by atoms with Crippen LogP contribution in [0.1, 0.15) is 98.7 Å². The van der Waals surface area contributed by atoms with E-state index in [9.17, 15) is 0 Å². The maximum Gasteiger partial charge on any atom is 0.135 e. The minimum absolute atomic E-state index is 0.187. The standard InChI is InChI=1S/C34H37NO.C23H24/c1-6-9-13-26(12-7-2)31(8-3)35-32(27-18-16-24(4)17-19-27)22-25(5)28-20-21-34-30(23-28)29-14-10-11-15-33(29)36-34;1-15-9-5-6-10-17(15)19-14-22-20(13-16(19)2)18-11-7-8-12-21(18)23(22,3)4/h9-23,31,35H,5-8H2,1-4H3;5-14,18,21H,1-4H3/b13-9-,26-12+,32-22-;. The van der Waals surface area contributed by atoms with Gasteiger partial charge in [-0.05, 0) is 131 Å². The summed E-state index contributed by atoms with van der Waals surface area (Å²) in [6.07, 6.45) is 21.2. The fourth-order valence-corrected chi connectivity index (χ4v) is 9.05. The highest BCUT2D eigenvalue weighted by atomic mass is 16.3. The third-order valence-electron chi connectivity index (χ3n) is 12.4. The van der Waals surface area contributed by atoms with E-state index in [1.165, 1.54) is 44.5 Å². The Bertz CT molecular complexity index is 2620. The number of hydrogen-bond acceptors (Lipinski definition) is 2. The summed E-state index contributed by atoms with van der Waals surface area (Å²) in [4.78, 5) is 0. The van der Waals surface area contributed by atoms with Crippen LogP contribution >= 0.6 is 0 Å². The van der Waals surface area contributed by atoms with Crippen LogP contribution in [0.5, 0.6) is 0 Å². The number of aryl methyl sites for hydroxylation is 3. The van der Waals surface area contributed by atoms with E-state index >= 15 is 0 Å². The zero-order chi connectivity index (χ0) is 41.7. The molecule has 2 aliphatic carbocycles. The fraction of sp³-hybridized carbons (Fsp3) is 0.263. The molecule has 0 saturated heterocycles. The van der Waals surface area contributed by atoms with Gasteiger partial charge in [0.2, 0.25) is 0 Å². The summed E-state index contributed by atoms with van der Waals surface area (Å²) >= 11 is 0. The Hall–Kier alpha value is -5.86. The number of benzene rings is 5. The molecule has 2 aliphatic rings. The molecular weight excluding hydrogens is 715 g/mol. The minimum atomic E-state index is 0.187. The highest BCUT2D eigenvalue weighted by molar-refractivity contribution is 6.06. The second-order valence-electron chi connectivity index (χ2n) is 16.9. The van der Waals surface area contributed by atoms with Crippen molar-refractivity contribution in [1.82, 2.24) is 5.32 Å². The van der Waals surface area contributed by atoms with E-state index in [-0.39, 0.29) is 11.5 Å². The normalized spacial score (nSPS) is 17.5. The zero-order valence-corrected chi connectivity index (χ0v) is 36.4. The van der Waals surface area contributed by atoms with Crippen molar-refractivity contribution in [3.05, 3.63) is 203 Å². The molecule has 1 aromatic heterocycles. The van der Waals surface area contributed by atoms with Crippen molar-refractivity contribution >= 4 is 33.2 Å². The molecule has 1 heterocycles. The van der Waals surface area contributed by atoms with Gasteiger partial charge in [0.1, 0.15) is 11.2 Å². The minimum Gasteiger partial charge on any atom is -0.456 e. The van der Waals surface area contributed by atoms with Gasteiger partial charge in [-0.1, -0.05) is 174 Å². The Balaban J connectivity index is 0.000000196. The lowest BCUT2D eigenvalue weighted by Gasteiger charge is -2.29. The summed E-state index contributed by atoms with van der Waals surface area (Å²) in [6, 6.07) is 37.1. The third kappa shape index (κ3) is 8.64. The van der Waals surface area contributed by atoms with Crippen molar-refractivity contribution in [2.45, 2.75) is 92.0 Å². The molecule has 3 unspecified atom stereocenters. The molecule has 0 bridgehead atoms. The van der Waals surface area contributed by atoms with Crippen LogP contribution in [0, 0.1) is 26.7 Å². The number of rotatable bonds is 11. The van der Waals surface area contributed by atoms with Gasteiger partial charge in [0, 0.05) is 22.4 Å². The van der Waals surface area contributed by atoms with Gasteiger partial charge < -0.3 is 9.73 Å². The van der Waals surface area contributed by atoms with Gasteiger partial charge in [-0.3, -0.25) is 0 Å². The predicted molar refractivity (Wildman–Crippen MR) is 256 cm³/mol. The van der Waals surface area contributed by atoms with Crippen molar-refractivity contribution < 1.29 is 4.42 Å². The number of hydrogen-bond donors (Lipinski definition) is 1. The summed E-state index contributed by atoms with van der Waals surface area (Å²) < 4.78 is 6.03. The first-order chi connectivity index (χ1) is 28.5. The second-order valence-corrected chi connectivity index (χ2v) is 16.9. The molecular formula is C57H61NO. The van der Waals surface area contributed by atoms with Crippen molar-refractivity contribution in [2.75, 3.05) is 0 Å². The summed E-state index contributed by atoms with van der Waals surface area (Å²) in [6.45, 7) is 22.5. The van der Waals surface area contributed by atoms with Gasteiger partial charge in [0.15, 0.2) is 0 Å². The maximum atomic E-state index is 6.03. The van der Waals surface area contributed by atoms with Gasteiger partial charge in [-0.15, -0.1) is 0 Å². The fourth-order valence-electron chi connectivity index (χ4n) is 9.05. The van der Waals surface area contributed by atoms with Crippen LogP contribution in [-0.2, 0) is 5.41 Å². The molecule has 0 amide bonds. The first-order valence-corrected chi connectivity index (χ1v) is 21.6. The summed E-state index contributed by atoms with van der Waals surface area (Å²) in [5.74, 6) is 1.11. The molecule has 0 spiro atoms. The van der Waals surface area contributed by atoms with Crippen molar-refractivity contribution in [2.24, 2.45) is 5.92 Å². The van der Waals surface area contributed by atoms with Crippen LogP contribution in [-0.4, -0.2) is 6.04 Å². The van der Waals surface area contributed by atoms with Crippen LogP contribution in [0.15, 0.2) is 168 Å². The molecule has 3 atom stereocenters. The van der Waals surface area contributed by atoms with Gasteiger partial charge in [0.25, 0.3) is 0 Å². The molecule has 6 aromatic rings. The molecule has 59 heavy (non-hydrogen) atoms. The Labute approximate surface area is 353 Å². The van der Waals surface area contributed by atoms with Crippen molar-refractivity contribution in [3.8, 4) is 11.1 Å². The van der Waals surface area contributed by atoms with Crippen LogP contribution < -0.4 is 5.32 Å². The Morgan fingerprint density at radius 1 is 0.746 bits per heavy atom. The summed E-state index contributed by atoms with van der Waals surface area (Å²) in [7, 11) is 0. The van der Waals surface area contributed by atoms with E-state index in [0.717, 1.165) is 63.6 Å². The molecule has 5 aromatic carbocycles. The number of allylic oxidation sites excluding steroid dienone is 8. The Morgan fingerprint density at radius 2 is 1.46 bits per heavy atom. The van der Waals surface area contributed by atoms with E-state index < -0.39 is 0 Å². The summed E-state index contributed by atoms with van der Waals surface area (Å²) in [5.41, 5.74) is 17.4. The first-order valence-electron chi connectivity index (χ1n) is 21.6. The van der Waals surface area contributed by atoms with Gasteiger partial charge in [-0.25, -0.2) is 0 Å². The van der Waals surface area contributed by atoms with E-state index in [1.54, 1.807) is 0 Å². The third-order valence-corrected chi connectivity index (χ3v) is 12.4. The van der Waals surface area contributed by atoms with E-state index in [0.29, 0.717) is 11.8 Å². The topological polar surface area (TPSA) is 25.2 Å². The molecule has 300 valence electrons. The van der Waals surface area contributed by atoms with Crippen LogP contribution in [0.3, 0.4) is 0 Å².